The van der Waals surface area contributed by atoms with Crippen molar-refractivity contribution < 1.29 is 4.79 Å². The number of ketones is 1. The maximum Gasteiger partial charge on any atom is 0.159 e. The van der Waals surface area contributed by atoms with Crippen molar-refractivity contribution in [2.45, 2.75) is 18.2 Å². The predicted octanol–water partition coefficient (Wildman–Crippen LogP) is 2.93. The third-order valence-corrected chi connectivity index (χ3v) is 3.38. The highest BCUT2D eigenvalue weighted by molar-refractivity contribution is 7.99. The summed E-state index contributed by atoms with van der Waals surface area (Å²) in [6.45, 7) is 2.72. The largest absolute Gasteiger partial charge is 0.309 e. The number of benzene rings is 1. The van der Waals surface area contributed by atoms with Gasteiger partial charge in [-0.2, -0.15) is 0 Å². The van der Waals surface area contributed by atoms with E-state index in [-0.39, 0.29) is 5.78 Å². The van der Waals surface area contributed by atoms with Crippen LogP contribution in [-0.2, 0) is 0 Å². The van der Waals surface area contributed by atoms with Gasteiger partial charge in [-0.3, -0.25) is 4.79 Å². The molecule has 0 aromatic heterocycles. The number of hydrogen-bond donors (Lipinski definition) is 0. The molecule has 0 atom stereocenters. The third-order valence-electron chi connectivity index (χ3n) is 2.28. The third kappa shape index (κ3) is 4.81. The van der Waals surface area contributed by atoms with Crippen molar-refractivity contribution in [3.8, 4) is 0 Å². The van der Waals surface area contributed by atoms with Crippen molar-refractivity contribution in [2.75, 3.05) is 26.4 Å². The number of carbonyl (C=O) groups excluding carboxylic acids is 1. The molecule has 0 aliphatic carbocycles. The van der Waals surface area contributed by atoms with E-state index in [9.17, 15) is 4.79 Å². The van der Waals surface area contributed by atoms with E-state index in [0.29, 0.717) is 0 Å². The first kappa shape index (κ1) is 13.3. The molecule has 0 aliphatic heterocycles. The first-order valence-corrected chi connectivity index (χ1v) is 6.46. The highest BCUT2D eigenvalue weighted by Crippen LogP contribution is 2.19. The molecule has 1 aromatic rings. The molecule has 1 rings (SSSR count). The zero-order valence-electron chi connectivity index (χ0n) is 10.2. The van der Waals surface area contributed by atoms with Crippen LogP contribution in [0.2, 0.25) is 0 Å². The smallest absolute Gasteiger partial charge is 0.159 e. The van der Waals surface area contributed by atoms with Gasteiger partial charge >= 0.3 is 0 Å². The molecule has 0 radical (unpaired) electrons. The zero-order valence-corrected chi connectivity index (χ0v) is 11.0. The second-order valence-electron chi connectivity index (χ2n) is 4.09. The lowest BCUT2D eigenvalue weighted by molar-refractivity contribution is 0.101. The van der Waals surface area contributed by atoms with Gasteiger partial charge in [-0.25, -0.2) is 0 Å². The first-order chi connectivity index (χ1) is 7.59. The normalized spacial score (nSPS) is 10.8. The molecule has 3 heteroatoms. The summed E-state index contributed by atoms with van der Waals surface area (Å²) in [5.74, 6) is 1.25. The summed E-state index contributed by atoms with van der Waals surface area (Å²) in [6.07, 6.45) is 1.19. The molecular formula is C13H19NOS. The van der Waals surface area contributed by atoms with Crippen molar-refractivity contribution in [1.29, 1.82) is 0 Å². The highest BCUT2D eigenvalue weighted by atomic mass is 32.2. The molecule has 16 heavy (non-hydrogen) atoms. The van der Waals surface area contributed by atoms with Crippen LogP contribution in [0.25, 0.3) is 0 Å². The number of Topliss-reactive ketones (excluding diaryl/α,β-unsaturated/α-hetero) is 1. The van der Waals surface area contributed by atoms with E-state index < -0.39 is 0 Å². The van der Waals surface area contributed by atoms with Crippen molar-refractivity contribution >= 4 is 17.5 Å². The molecule has 0 aliphatic rings. The molecule has 0 N–H and O–H groups in total. The van der Waals surface area contributed by atoms with Gasteiger partial charge in [0.15, 0.2) is 5.78 Å². The maximum absolute atomic E-state index is 11.1. The van der Waals surface area contributed by atoms with Crippen LogP contribution in [0.4, 0.5) is 0 Å². The molecule has 0 saturated carbocycles. The summed E-state index contributed by atoms with van der Waals surface area (Å²) in [4.78, 5) is 14.5. The number of rotatable bonds is 6. The van der Waals surface area contributed by atoms with Crippen LogP contribution in [0.5, 0.6) is 0 Å². The van der Waals surface area contributed by atoms with E-state index in [1.165, 1.54) is 11.3 Å². The molecule has 0 amide bonds. The van der Waals surface area contributed by atoms with Gasteiger partial charge in [0.2, 0.25) is 0 Å². The van der Waals surface area contributed by atoms with Crippen LogP contribution in [0, 0.1) is 0 Å². The minimum absolute atomic E-state index is 0.129. The molecule has 0 unspecified atom stereocenters. The van der Waals surface area contributed by atoms with Crippen LogP contribution in [0.15, 0.2) is 29.2 Å². The number of hydrogen-bond acceptors (Lipinski definition) is 3. The average Bonchev–Trinajstić information content (AvgIpc) is 2.25. The summed E-state index contributed by atoms with van der Waals surface area (Å²) >= 11 is 1.84. The van der Waals surface area contributed by atoms with E-state index >= 15 is 0 Å². The van der Waals surface area contributed by atoms with Gasteiger partial charge < -0.3 is 4.90 Å². The lowest BCUT2D eigenvalue weighted by atomic mass is 10.2. The van der Waals surface area contributed by atoms with Gasteiger partial charge in [0, 0.05) is 10.5 Å². The van der Waals surface area contributed by atoms with E-state index in [1.54, 1.807) is 6.92 Å². The van der Waals surface area contributed by atoms with Crippen LogP contribution in [0.3, 0.4) is 0 Å². The number of nitrogens with zero attached hydrogens (tertiary/aromatic N) is 1. The van der Waals surface area contributed by atoms with Crippen LogP contribution >= 0.6 is 11.8 Å². The minimum Gasteiger partial charge on any atom is -0.309 e. The Morgan fingerprint density at radius 2 is 1.88 bits per heavy atom. The quantitative estimate of drug-likeness (QED) is 0.431. The summed E-state index contributed by atoms with van der Waals surface area (Å²) in [5, 5.41) is 0. The fourth-order valence-corrected chi connectivity index (χ4v) is 2.19. The lowest BCUT2D eigenvalue weighted by Gasteiger charge is -2.08. The summed E-state index contributed by atoms with van der Waals surface area (Å²) in [6, 6.07) is 7.85. The SMILES string of the molecule is CC(=O)c1ccc(SCCCN(C)C)cc1. The fourth-order valence-electron chi connectivity index (χ4n) is 1.36. The Labute approximate surface area is 102 Å². The predicted molar refractivity (Wildman–Crippen MR) is 70.3 cm³/mol. The van der Waals surface area contributed by atoms with Crippen LogP contribution in [0.1, 0.15) is 23.7 Å². The number of thioether (sulfide) groups is 1. The van der Waals surface area contributed by atoms with Crippen molar-refractivity contribution in [1.82, 2.24) is 4.90 Å². The van der Waals surface area contributed by atoms with Crippen molar-refractivity contribution in [2.24, 2.45) is 0 Å². The average molecular weight is 237 g/mol. The molecule has 0 bridgehead atoms. The molecular weight excluding hydrogens is 218 g/mol. The number of carbonyl (C=O) groups is 1. The molecule has 1 aromatic carbocycles. The van der Waals surface area contributed by atoms with E-state index in [1.807, 2.05) is 36.0 Å². The Balaban J connectivity index is 2.35. The standard InChI is InChI=1S/C13H19NOS/c1-11(15)12-5-7-13(8-6-12)16-10-4-9-14(2)3/h5-8H,4,9-10H2,1-3H3. The van der Waals surface area contributed by atoms with Gasteiger partial charge in [0.05, 0.1) is 0 Å². The molecule has 0 heterocycles. The Bertz CT molecular complexity index is 332. The molecule has 0 spiro atoms. The Hall–Kier alpha value is -0.800. The van der Waals surface area contributed by atoms with Crippen molar-refractivity contribution in [3.05, 3.63) is 29.8 Å². The Morgan fingerprint density at radius 3 is 2.38 bits per heavy atom. The van der Waals surface area contributed by atoms with E-state index in [0.717, 1.165) is 17.9 Å². The van der Waals surface area contributed by atoms with Gasteiger partial charge in [-0.05, 0) is 51.9 Å². The topological polar surface area (TPSA) is 20.3 Å². The summed E-state index contributed by atoms with van der Waals surface area (Å²) in [7, 11) is 4.18. The Morgan fingerprint density at radius 1 is 1.25 bits per heavy atom. The van der Waals surface area contributed by atoms with Crippen LogP contribution < -0.4 is 0 Å². The Kier molecular flexibility index (Phi) is 5.56. The zero-order chi connectivity index (χ0) is 12.0. The van der Waals surface area contributed by atoms with E-state index in [4.69, 9.17) is 0 Å². The maximum atomic E-state index is 11.1. The molecule has 88 valence electrons. The molecule has 0 fully saturated rings. The van der Waals surface area contributed by atoms with Gasteiger partial charge in [0.25, 0.3) is 0 Å². The lowest BCUT2D eigenvalue weighted by Crippen LogP contribution is -2.13. The van der Waals surface area contributed by atoms with Gasteiger partial charge in [-0.1, -0.05) is 12.1 Å². The van der Waals surface area contributed by atoms with Gasteiger partial charge in [-0.15, -0.1) is 11.8 Å². The fraction of sp³-hybridized carbons (Fsp3) is 0.462. The van der Waals surface area contributed by atoms with E-state index in [2.05, 4.69) is 19.0 Å². The summed E-state index contributed by atoms with van der Waals surface area (Å²) in [5.41, 5.74) is 0.789. The second kappa shape index (κ2) is 6.71. The van der Waals surface area contributed by atoms with Gasteiger partial charge in [0.1, 0.15) is 0 Å². The highest BCUT2D eigenvalue weighted by Gasteiger charge is 1.99. The first-order valence-electron chi connectivity index (χ1n) is 5.48. The second-order valence-corrected chi connectivity index (χ2v) is 5.25. The summed E-state index contributed by atoms with van der Waals surface area (Å²) < 4.78 is 0. The molecule has 0 saturated heterocycles. The minimum atomic E-state index is 0.129. The van der Waals surface area contributed by atoms with Crippen LogP contribution in [-0.4, -0.2) is 37.1 Å². The monoisotopic (exact) mass is 237 g/mol. The van der Waals surface area contributed by atoms with Crippen molar-refractivity contribution in [3.63, 3.8) is 0 Å². The molecule has 2 nitrogen and oxygen atoms in total.